The van der Waals surface area contributed by atoms with Crippen LogP contribution in [0.3, 0.4) is 0 Å². The number of rotatable bonds is 0. The van der Waals surface area contributed by atoms with Crippen LogP contribution in [-0.4, -0.2) is 17.2 Å². The fourth-order valence-electron chi connectivity index (χ4n) is 3.04. The number of carbonyl (C=O) groups is 1. The largest absolute Gasteiger partial charge is 0.508 e. The molecule has 0 saturated carbocycles. The molecule has 0 unspecified atom stereocenters. The van der Waals surface area contributed by atoms with Gasteiger partial charge in [0, 0.05) is 17.1 Å². The van der Waals surface area contributed by atoms with Crippen molar-refractivity contribution >= 4 is 11.5 Å². The van der Waals surface area contributed by atoms with Crippen molar-refractivity contribution < 1.29 is 14.6 Å². The molecule has 2 aliphatic rings. The summed E-state index contributed by atoms with van der Waals surface area (Å²) in [4.78, 5) is 11.6. The Hall–Kier alpha value is -1.77. The van der Waals surface area contributed by atoms with Crippen LogP contribution in [0.5, 0.6) is 5.75 Å². The number of benzene rings is 1. The first-order chi connectivity index (χ1) is 8.88. The first-order valence-electron chi connectivity index (χ1n) is 6.63. The second kappa shape index (κ2) is 3.86. The molecule has 19 heavy (non-hydrogen) atoms. The van der Waals surface area contributed by atoms with Gasteiger partial charge in [0.25, 0.3) is 0 Å². The third-order valence-electron chi connectivity index (χ3n) is 4.27. The van der Waals surface area contributed by atoms with E-state index in [0.29, 0.717) is 0 Å². The van der Waals surface area contributed by atoms with E-state index in [4.69, 9.17) is 4.74 Å². The van der Waals surface area contributed by atoms with E-state index in [-0.39, 0.29) is 23.2 Å². The predicted molar refractivity (Wildman–Crippen MR) is 72.8 cm³/mol. The molecule has 1 aromatic carbocycles. The Kier molecular flexibility index (Phi) is 2.49. The average molecular weight is 258 g/mol. The highest BCUT2D eigenvalue weighted by molar-refractivity contribution is 5.98. The minimum Gasteiger partial charge on any atom is -0.508 e. The summed E-state index contributed by atoms with van der Waals surface area (Å²) in [5, 5.41) is 9.93. The van der Waals surface area contributed by atoms with Crippen LogP contribution < -0.4 is 0 Å². The summed E-state index contributed by atoms with van der Waals surface area (Å²) in [7, 11) is 0. The van der Waals surface area contributed by atoms with E-state index in [2.05, 4.69) is 13.8 Å². The van der Waals surface area contributed by atoms with Crippen molar-refractivity contribution in [3.8, 4) is 5.75 Å². The maximum atomic E-state index is 11.6. The van der Waals surface area contributed by atoms with Gasteiger partial charge in [0.05, 0.1) is 0 Å². The SMILES string of the molecule is Cc1cc2c(cc1O)C1=CC(=O)O[C@H]1C(C)(C)CC2. The van der Waals surface area contributed by atoms with E-state index in [1.807, 2.05) is 13.0 Å². The number of fused-ring (bicyclic) bond motifs is 3. The number of hydrogen-bond acceptors (Lipinski definition) is 3. The van der Waals surface area contributed by atoms with Gasteiger partial charge in [0.2, 0.25) is 0 Å². The Balaban J connectivity index is 2.21. The van der Waals surface area contributed by atoms with Gasteiger partial charge < -0.3 is 9.84 Å². The highest BCUT2D eigenvalue weighted by Crippen LogP contribution is 2.45. The van der Waals surface area contributed by atoms with Crippen molar-refractivity contribution in [2.24, 2.45) is 5.41 Å². The maximum absolute atomic E-state index is 11.6. The van der Waals surface area contributed by atoms with Gasteiger partial charge in [-0.2, -0.15) is 0 Å². The predicted octanol–water partition coefficient (Wildman–Crippen LogP) is 2.98. The van der Waals surface area contributed by atoms with Crippen molar-refractivity contribution in [1.82, 2.24) is 0 Å². The van der Waals surface area contributed by atoms with Gasteiger partial charge in [-0.05, 0) is 42.5 Å². The van der Waals surface area contributed by atoms with Gasteiger partial charge in [-0.25, -0.2) is 4.79 Å². The molecule has 3 nitrogen and oxygen atoms in total. The van der Waals surface area contributed by atoms with Crippen molar-refractivity contribution in [1.29, 1.82) is 0 Å². The van der Waals surface area contributed by atoms with E-state index >= 15 is 0 Å². The van der Waals surface area contributed by atoms with E-state index < -0.39 is 0 Å². The summed E-state index contributed by atoms with van der Waals surface area (Å²) < 4.78 is 5.47. The lowest BCUT2D eigenvalue weighted by Crippen LogP contribution is -2.30. The number of ether oxygens (including phenoxy) is 1. The molecule has 1 aliphatic heterocycles. The minimum absolute atomic E-state index is 0.0828. The Bertz CT molecular complexity index is 596. The zero-order valence-corrected chi connectivity index (χ0v) is 11.5. The lowest BCUT2D eigenvalue weighted by Gasteiger charge is -2.30. The first kappa shape index (κ1) is 12.3. The van der Waals surface area contributed by atoms with Gasteiger partial charge in [-0.1, -0.05) is 19.9 Å². The second-order valence-corrected chi connectivity index (χ2v) is 6.20. The molecule has 1 heterocycles. The van der Waals surface area contributed by atoms with E-state index in [0.717, 1.165) is 29.5 Å². The van der Waals surface area contributed by atoms with Crippen LogP contribution in [0.2, 0.25) is 0 Å². The number of aryl methyl sites for hydroxylation is 2. The number of aromatic hydroxyl groups is 1. The second-order valence-electron chi connectivity index (χ2n) is 6.20. The number of hydrogen-bond donors (Lipinski definition) is 1. The van der Waals surface area contributed by atoms with Crippen molar-refractivity contribution in [2.45, 2.75) is 39.7 Å². The lowest BCUT2D eigenvalue weighted by molar-refractivity contribution is -0.142. The highest BCUT2D eigenvalue weighted by Gasteiger charge is 2.42. The molecule has 0 bridgehead atoms. The van der Waals surface area contributed by atoms with Crippen molar-refractivity contribution in [3.05, 3.63) is 34.9 Å². The summed E-state index contributed by atoms with van der Waals surface area (Å²) in [6.45, 7) is 6.15. The topological polar surface area (TPSA) is 46.5 Å². The Morgan fingerprint density at radius 3 is 2.84 bits per heavy atom. The number of phenols is 1. The number of phenolic OH excluding ortho intramolecular Hbond substituents is 1. The molecule has 1 aliphatic carbocycles. The molecule has 3 heteroatoms. The number of carbonyl (C=O) groups excluding carboxylic acids is 1. The van der Waals surface area contributed by atoms with Crippen molar-refractivity contribution in [2.75, 3.05) is 0 Å². The standard InChI is InChI=1S/C16H18O3/c1-9-6-10-4-5-16(2,3)15-12(8-14(18)19-15)11(10)7-13(9)17/h6-8,15,17H,4-5H2,1-3H3/t15-/m1/s1. The molecule has 100 valence electrons. The van der Waals surface area contributed by atoms with Crippen LogP contribution in [-0.2, 0) is 16.0 Å². The molecule has 0 radical (unpaired) electrons. The summed E-state index contributed by atoms with van der Waals surface area (Å²) >= 11 is 0. The first-order valence-corrected chi connectivity index (χ1v) is 6.63. The van der Waals surface area contributed by atoms with Gasteiger partial charge >= 0.3 is 5.97 Å². The molecule has 0 amide bonds. The van der Waals surface area contributed by atoms with Crippen LogP contribution in [0.1, 0.15) is 37.0 Å². The zero-order chi connectivity index (χ0) is 13.8. The Morgan fingerprint density at radius 1 is 1.37 bits per heavy atom. The molecule has 0 saturated heterocycles. The average Bonchev–Trinajstić information content (AvgIpc) is 2.69. The van der Waals surface area contributed by atoms with Crippen LogP contribution in [0.4, 0.5) is 0 Å². The molecule has 0 fully saturated rings. The lowest BCUT2D eigenvalue weighted by atomic mass is 9.80. The quantitative estimate of drug-likeness (QED) is 0.728. The molecule has 0 aromatic heterocycles. The third kappa shape index (κ3) is 1.84. The Morgan fingerprint density at radius 2 is 2.11 bits per heavy atom. The van der Waals surface area contributed by atoms with Crippen LogP contribution in [0, 0.1) is 12.3 Å². The third-order valence-corrected chi connectivity index (χ3v) is 4.27. The highest BCUT2D eigenvalue weighted by atomic mass is 16.5. The van der Waals surface area contributed by atoms with Crippen molar-refractivity contribution in [3.63, 3.8) is 0 Å². The molecule has 1 atom stereocenters. The zero-order valence-electron chi connectivity index (χ0n) is 11.5. The van der Waals surface area contributed by atoms with Gasteiger partial charge in [-0.15, -0.1) is 0 Å². The summed E-state index contributed by atoms with van der Waals surface area (Å²) in [5.74, 6) is -0.00144. The fourth-order valence-corrected chi connectivity index (χ4v) is 3.04. The van der Waals surface area contributed by atoms with Crippen LogP contribution >= 0.6 is 0 Å². The fraction of sp³-hybridized carbons (Fsp3) is 0.438. The number of esters is 1. The normalized spacial score (nSPS) is 24.1. The molecule has 1 N–H and O–H groups in total. The molecule has 1 aromatic rings. The summed E-state index contributed by atoms with van der Waals surface area (Å²) in [6.07, 6.45) is 3.27. The molecular weight excluding hydrogens is 240 g/mol. The van der Waals surface area contributed by atoms with Gasteiger partial charge in [0.15, 0.2) is 0 Å². The Labute approximate surface area is 112 Å². The maximum Gasteiger partial charge on any atom is 0.331 e. The smallest absolute Gasteiger partial charge is 0.331 e. The van der Waals surface area contributed by atoms with E-state index in [1.54, 1.807) is 12.1 Å². The summed E-state index contributed by atoms with van der Waals surface area (Å²) in [6, 6.07) is 3.79. The monoisotopic (exact) mass is 258 g/mol. The van der Waals surface area contributed by atoms with E-state index in [1.165, 1.54) is 5.56 Å². The van der Waals surface area contributed by atoms with Gasteiger partial charge in [0.1, 0.15) is 11.9 Å². The summed E-state index contributed by atoms with van der Waals surface area (Å²) in [5.41, 5.74) is 3.86. The van der Waals surface area contributed by atoms with E-state index in [9.17, 15) is 9.90 Å². The van der Waals surface area contributed by atoms with Gasteiger partial charge in [-0.3, -0.25) is 0 Å². The minimum atomic E-state index is -0.277. The molecule has 3 rings (SSSR count). The molecular formula is C16H18O3. The van der Waals surface area contributed by atoms with Crippen LogP contribution in [0.25, 0.3) is 5.57 Å². The molecule has 0 spiro atoms. The van der Waals surface area contributed by atoms with Crippen LogP contribution in [0.15, 0.2) is 18.2 Å².